The molecule has 0 saturated heterocycles. The minimum Gasteiger partial charge on any atom is -0.382 e. The largest absolute Gasteiger partial charge is 0.382 e. The Hall–Kier alpha value is -0.900. The number of nitrogens with one attached hydrogen (secondary N) is 1. The zero-order valence-electron chi connectivity index (χ0n) is 12.3. The Morgan fingerprint density at radius 2 is 2.14 bits per heavy atom. The van der Waals surface area contributed by atoms with Crippen LogP contribution in [0.1, 0.15) is 12.8 Å². The predicted octanol–water partition coefficient (Wildman–Crippen LogP) is 0.652. The first kappa shape index (κ1) is 16.5. The van der Waals surface area contributed by atoms with Gasteiger partial charge < -0.3 is 20.7 Å². The Balaban J connectivity index is 1.87. The predicted molar refractivity (Wildman–Crippen MR) is 84.6 cm³/mol. The van der Waals surface area contributed by atoms with Crippen molar-refractivity contribution in [2.45, 2.75) is 23.0 Å². The minimum atomic E-state index is -3.33. The van der Waals surface area contributed by atoms with Crippen molar-refractivity contribution < 1.29 is 13.2 Å². The summed E-state index contributed by atoms with van der Waals surface area (Å²) in [6.07, 6.45) is 1.43. The van der Waals surface area contributed by atoms with Gasteiger partial charge in [-0.1, -0.05) is 0 Å². The first-order valence-electron chi connectivity index (χ1n) is 6.88. The SMILES string of the molecule is CN(C)CCOCCNc1snc(N)c1S(=O)(=O)C1CC1. The zero-order chi connectivity index (χ0) is 15.5. The third-order valence-electron chi connectivity index (χ3n) is 3.14. The van der Waals surface area contributed by atoms with Gasteiger partial charge in [-0.3, -0.25) is 0 Å². The molecule has 120 valence electrons. The summed E-state index contributed by atoms with van der Waals surface area (Å²) in [4.78, 5) is 2.21. The van der Waals surface area contributed by atoms with Crippen LogP contribution in [-0.2, 0) is 14.6 Å². The molecule has 2 rings (SSSR count). The first-order valence-corrected chi connectivity index (χ1v) is 9.20. The molecular formula is C12H22N4O3S2. The van der Waals surface area contributed by atoms with Gasteiger partial charge in [-0.25, -0.2) is 8.42 Å². The lowest BCUT2D eigenvalue weighted by atomic mass is 10.5. The van der Waals surface area contributed by atoms with Crippen molar-refractivity contribution in [1.29, 1.82) is 0 Å². The van der Waals surface area contributed by atoms with Gasteiger partial charge in [0.2, 0.25) is 0 Å². The second kappa shape index (κ2) is 6.91. The monoisotopic (exact) mass is 334 g/mol. The van der Waals surface area contributed by atoms with Gasteiger partial charge in [0, 0.05) is 13.1 Å². The summed E-state index contributed by atoms with van der Waals surface area (Å²) in [5.74, 6) is 0.0999. The summed E-state index contributed by atoms with van der Waals surface area (Å²) < 4.78 is 34.1. The van der Waals surface area contributed by atoms with Crippen LogP contribution >= 0.6 is 11.5 Å². The van der Waals surface area contributed by atoms with E-state index in [2.05, 4.69) is 9.69 Å². The fourth-order valence-electron chi connectivity index (χ4n) is 1.81. The van der Waals surface area contributed by atoms with Crippen molar-refractivity contribution in [2.24, 2.45) is 0 Å². The highest BCUT2D eigenvalue weighted by molar-refractivity contribution is 7.92. The quantitative estimate of drug-likeness (QED) is 0.640. The van der Waals surface area contributed by atoms with Gasteiger partial charge in [-0.05, 0) is 38.5 Å². The van der Waals surface area contributed by atoms with Gasteiger partial charge in [0.05, 0.1) is 18.5 Å². The van der Waals surface area contributed by atoms with Crippen LogP contribution in [0, 0.1) is 0 Å². The van der Waals surface area contributed by atoms with Crippen LogP contribution in [0.4, 0.5) is 10.8 Å². The molecule has 9 heteroatoms. The molecule has 0 amide bonds. The Kier molecular flexibility index (Phi) is 5.42. The lowest BCUT2D eigenvalue weighted by Gasteiger charge is -2.11. The molecule has 21 heavy (non-hydrogen) atoms. The van der Waals surface area contributed by atoms with Crippen molar-refractivity contribution in [3.8, 4) is 0 Å². The molecule has 1 saturated carbocycles. The number of hydrogen-bond acceptors (Lipinski definition) is 8. The number of likely N-dealkylation sites (N-methyl/N-ethyl adjacent to an activating group) is 1. The van der Waals surface area contributed by atoms with Crippen LogP contribution in [0.2, 0.25) is 0 Å². The fourth-order valence-corrected chi connectivity index (χ4v) is 4.72. The summed E-state index contributed by atoms with van der Waals surface area (Å²) in [5, 5.41) is 3.31. The van der Waals surface area contributed by atoms with Gasteiger partial charge >= 0.3 is 0 Å². The van der Waals surface area contributed by atoms with Crippen molar-refractivity contribution >= 4 is 32.2 Å². The van der Waals surface area contributed by atoms with E-state index in [-0.39, 0.29) is 16.0 Å². The summed E-state index contributed by atoms with van der Waals surface area (Å²) in [6, 6.07) is 0. The van der Waals surface area contributed by atoms with Gasteiger partial charge in [-0.15, -0.1) is 0 Å². The maximum atomic E-state index is 12.3. The number of nitrogen functional groups attached to an aromatic ring is 1. The normalized spacial score (nSPS) is 15.6. The highest BCUT2D eigenvalue weighted by atomic mass is 32.2. The van der Waals surface area contributed by atoms with E-state index in [1.165, 1.54) is 0 Å². The Morgan fingerprint density at radius 3 is 2.76 bits per heavy atom. The molecule has 0 atom stereocenters. The van der Waals surface area contributed by atoms with Crippen LogP contribution in [0.3, 0.4) is 0 Å². The van der Waals surface area contributed by atoms with E-state index >= 15 is 0 Å². The smallest absolute Gasteiger partial charge is 0.187 e. The third kappa shape index (κ3) is 4.29. The highest BCUT2D eigenvalue weighted by Gasteiger charge is 2.40. The van der Waals surface area contributed by atoms with Crippen molar-refractivity contribution in [3.63, 3.8) is 0 Å². The Labute approximate surface area is 129 Å². The number of anilines is 2. The fraction of sp³-hybridized carbons (Fsp3) is 0.750. The molecule has 1 aromatic rings. The number of aromatic nitrogens is 1. The molecule has 7 nitrogen and oxygen atoms in total. The summed E-state index contributed by atoms with van der Waals surface area (Å²) in [6.45, 7) is 2.54. The van der Waals surface area contributed by atoms with Gasteiger partial charge in [-0.2, -0.15) is 4.37 Å². The molecule has 0 unspecified atom stereocenters. The summed E-state index contributed by atoms with van der Waals surface area (Å²) in [7, 11) is 0.636. The van der Waals surface area contributed by atoms with Gasteiger partial charge in [0.25, 0.3) is 0 Å². The lowest BCUT2D eigenvalue weighted by Crippen LogP contribution is -2.20. The molecule has 1 aromatic heterocycles. The Bertz CT molecular complexity index is 567. The number of ether oxygens (including phenoxy) is 1. The van der Waals surface area contributed by atoms with E-state index in [0.29, 0.717) is 37.6 Å². The van der Waals surface area contributed by atoms with Gasteiger partial charge in [0.1, 0.15) is 9.90 Å². The number of nitrogens with two attached hydrogens (primary N) is 1. The lowest BCUT2D eigenvalue weighted by molar-refractivity contribution is 0.126. The van der Waals surface area contributed by atoms with Crippen LogP contribution < -0.4 is 11.1 Å². The molecule has 1 fully saturated rings. The van der Waals surface area contributed by atoms with E-state index in [0.717, 1.165) is 18.1 Å². The van der Waals surface area contributed by atoms with E-state index < -0.39 is 9.84 Å². The second-order valence-corrected chi connectivity index (χ2v) is 8.25. The number of sulfone groups is 1. The topological polar surface area (TPSA) is 97.5 Å². The summed E-state index contributed by atoms with van der Waals surface area (Å²) in [5.41, 5.74) is 5.72. The average molecular weight is 334 g/mol. The number of rotatable bonds is 9. The Morgan fingerprint density at radius 1 is 1.43 bits per heavy atom. The molecule has 0 aliphatic heterocycles. The first-order chi connectivity index (χ1) is 9.93. The molecule has 0 radical (unpaired) electrons. The molecule has 3 N–H and O–H groups in total. The minimum absolute atomic E-state index is 0.0999. The molecule has 1 aliphatic carbocycles. The molecule has 1 heterocycles. The molecular weight excluding hydrogens is 312 g/mol. The van der Waals surface area contributed by atoms with Crippen LogP contribution in [0.15, 0.2) is 4.90 Å². The average Bonchev–Trinajstić information content (AvgIpc) is 3.18. The van der Waals surface area contributed by atoms with Crippen LogP contribution in [0.25, 0.3) is 0 Å². The molecule has 0 spiro atoms. The summed E-state index contributed by atoms with van der Waals surface area (Å²) >= 11 is 1.09. The number of hydrogen-bond donors (Lipinski definition) is 2. The van der Waals surface area contributed by atoms with Crippen molar-refractivity contribution in [1.82, 2.24) is 9.27 Å². The van der Waals surface area contributed by atoms with E-state index in [4.69, 9.17) is 10.5 Å². The number of nitrogens with zero attached hydrogens (tertiary/aromatic N) is 2. The van der Waals surface area contributed by atoms with E-state index in [9.17, 15) is 8.42 Å². The molecule has 0 aromatic carbocycles. The third-order valence-corrected chi connectivity index (χ3v) is 6.42. The maximum absolute atomic E-state index is 12.3. The van der Waals surface area contributed by atoms with Crippen molar-refractivity contribution in [2.75, 3.05) is 51.4 Å². The van der Waals surface area contributed by atoms with Crippen LogP contribution in [-0.4, -0.2) is 63.3 Å². The standard InChI is InChI=1S/C12H22N4O3S2/c1-16(2)6-8-19-7-5-14-12-10(11(13)15-20-12)21(17,18)9-3-4-9/h9,14H,3-8H2,1-2H3,(H2,13,15). The zero-order valence-corrected chi connectivity index (χ0v) is 14.0. The van der Waals surface area contributed by atoms with E-state index in [1.54, 1.807) is 0 Å². The highest BCUT2D eigenvalue weighted by Crippen LogP contribution is 2.40. The second-order valence-electron chi connectivity index (χ2n) is 5.31. The van der Waals surface area contributed by atoms with Crippen LogP contribution in [0.5, 0.6) is 0 Å². The maximum Gasteiger partial charge on any atom is 0.187 e. The van der Waals surface area contributed by atoms with E-state index in [1.807, 2.05) is 19.0 Å². The molecule has 1 aliphatic rings. The van der Waals surface area contributed by atoms with Crippen molar-refractivity contribution in [3.05, 3.63) is 0 Å². The molecule has 0 bridgehead atoms. The van der Waals surface area contributed by atoms with Gasteiger partial charge in [0.15, 0.2) is 15.7 Å².